The standard InChI is InChI=1S/C22H30N4O4/c1-16-5-2-3-7-19(16)23-22(27)26-11-4-6-18(15-26)29-14-10-20-24-21(30-25-20)17-8-12-28-13-9-17/h2-3,5,7,17-18H,4,6,8-15H2,1H3,(H,23,27). The summed E-state index contributed by atoms with van der Waals surface area (Å²) in [6.07, 6.45) is 4.39. The SMILES string of the molecule is Cc1ccccc1NC(=O)N1CCCC(OCCc2noc(C3CCOCC3)n2)C1. The fraction of sp³-hybridized carbons (Fsp3) is 0.591. The van der Waals surface area contributed by atoms with E-state index in [1.54, 1.807) is 0 Å². The van der Waals surface area contributed by atoms with Crippen molar-refractivity contribution in [3.8, 4) is 0 Å². The van der Waals surface area contributed by atoms with Crippen LogP contribution in [-0.4, -0.2) is 60.1 Å². The smallest absolute Gasteiger partial charge is 0.321 e. The van der Waals surface area contributed by atoms with Crippen LogP contribution in [0.15, 0.2) is 28.8 Å². The van der Waals surface area contributed by atoms with Crippen LogP contribution in [0.1, 0.15) is 48.9 Å². The molecule has 0 saturated carbocycles. The Bertz CT molecular complexity index is 834. The maximum Gasteiger partial charge on any atom is 0.321 e. The number of carbonyl (C=O) groups excluding carboxylic acids is 1. The van der Waals surface area contributed by atoms with Gasteiger partial charge in [-0.05, 0) is 44.2 Å². The Balaban J connectivity index is 1.22. The van der Waals surface area contributed by atoms with Crippen LogP contribution in [-0.2, 0) is 15.9 Å². The largest absolute Gasteiger partial charge is 0.381 e. The molecular weight excluding hydrogens is 384 g/mol. The first kappa shape index (κ1) is 20.8. The third-order valence-corrected chi connectivity index (χ3v) is 5.79. The molecule has 0 aliphatic carbocycles. The lowest BCUT2D eigenvalue weighted by Crippen LogP contribution is -2.45. The van der Waals surface area contributed by atoms with Gasteiger partial charge in [-0.15, -0.1) is 0 Å². The van der Waals surface area contributed by atoms with Crippen LogP contribution in [0.3, 0.4) is 0 Å². The maximum atomic E-state index is 12.6. The quantitative estimate of drug-likeness (QED) is 0.778. The number of likely N-dealkylation sites (tertiary alicyclic amines) is 1. The molecule has 4 rings (SSSR count). The predicted molar refractivity (Wildman–Crippen MR) is 112 cm³/mol. The molecular formula is C22H30N4O4. The minimum Gasteiger partial charge on any atom is -0.381 e. The molecule has 2 aromatic rings. The van der Waals surface area contributed by atoms with Gasteiger partial charge in [0.15, 0.2) is 5.82 Å². The highest BCUT2D eigenvalue weighted by Gasteiger charge is 2.25. The molecule has 8 nitrogen and oxygen atoms in total. The molecule has 1 atom stereocenters. The second kappa shape index (κ2) is 10.0. The monoisotopic (exact) mass is 414 g/mol. The van der Waals surface area contributed by atoms with E-state index in [4.69, 9.17) is 14.0 Å². The van der Waals surface area contributed by atoms with E-state index in [-0.39, 0.29) is 12.1 Å². The summed E-state index contributed by atoms with van der Waals surface area (Å²) < 4.78 is 16.8. The highest BCUT2D eigenvalue weighted by atomic mass is 16.5. The van der Waals surface area contributed by atoms with Crippen LogP contribution in [0.25, 0.3) is 0 Å². The summed E-state index contributed by atoms with van der Waals surface area (Å²) in [4.78, 5) is 19.0. The lowest BCUT2D eigenvalue weighted by molar-refractivity contribution is 0.0120. The Labute approximate surface area is 176 Å². The number of urea groups is 1. The molecule has 8 heteroatoms. The number of nitrogens with zero attached hydrogens (tertiary/aromatic N) is 3. The van der Waals surface area contributed by atoms with Crippen molar-refractivity contribution in [2.45, 2.75) is 51.0 Å². The number of amides is 2. The normalized spacial score (nSPS) is 20.3. The van der Waals surface area contributed by atoms with Crippen LogP contribution in [0, 0.1) is 6.92 Å². The van der Waals surface area contributed by atoms with E-state index in [0.717, 1.165) is 56.7 Å². The van der Waals surface area contributed by atoms with Crippen molar-refractivity contribution in [1.82, 2.24) is 15.0 Å². The van der Waals surface area contributed by atoms with E-state index in [0.29, 0.717) is 37.2 Å². The summed E-state index contributed by atoms with van der Waals surface area (Å²) >= 11 is 0. The first-order chi connectivity index (χ1) is 14.7. The minimum absolute atomic E-state index is 0.0308. The third kappa shape index (κ3) is 5.37. The van der Waals surface area contributed by atoms with Crippen LogP contribution in [0.2, 0.25) is 0 Å². The number of anilines is 1. The molecule has 1 aromatic carbocycles. The van der Waals surface area contributed by atoms with Crippen molar-refractivity contribution < 1.29 is 18.8 Å². The fourth-order valence-corrected chi connectivity index (χ4v) is 3.96. The molecule has 162 valence electrons. The molecule has 0 bridgehead atoms. The molecule has 1 aromatic heterocycles. The molecule has 2 saturated heterocycles. The van der Waals surface area contributed by atoms with Gasteiger partial charge in [0.2, 0.25) is 5.89 Å². The Kier molecular flexibility index (Phi) is 6.96. The van der Waals surface area contributed by atoms with E-state index in [9.17, 15) is 4.79 Å². The summed E-state index contributed by atoms with van der Waals surface area (Å²) in [7, 11) is 0. The van der Waals surface area contributed by atoms with Crippen molar-refractivity contribution in [3.63, 3.8) is 0 Å². The summed E-state index contributed by atoms with van der Waals surface area (Å²) in [5.41, 5.74) is 1.90. The number of para-hydroxylation sites is 1. The number of rotatable bonds is 6. The van der Waals surface area contributed by atoms with Gasteiger partial charge in [-0.1, -0.05) is 23.4 Å². The zero-order chi connectivity index (χ0) is 20.8. The van der Waals surface area contributed by atoms with Crippen molar-refractivity contribution in [2.75, 3.05) is 38.2 Å². The fourth-order valence-electron chi connectivity index (χ4n) is 3.96. The summed E-state index contributed by atoms with van der Waals surface area (Å²) in [6, 6.07) is 7.73. The number of ether oxygens (including phenoxy) is 2. The van der Waals surface area contributed by atoms with Crippen LogP contribution in [0.4, 0.5) is 10.5 Å². The Morgan fingerprint density at radius 3 is 2.93 bits per heavy atom. The van der Waals surface area contributed by atoms with Gasteiger partial charge in [-0.2, -0.15) is 4.98 Å². The van der Waals surface area contributed by atoms with Crippen molar-refractivity contribution in [3.05, 3.63) is 41.5 Å². The molecule has 0 radical (unpaired) electrons. The van der Waals surface area contributed by atoms with Crippen LogP contribution >= 0.6 is 0 Å². The number of aromatic nitrogens is 2. The number of piperidine rings is 1. The third-order valence-electron chi connectivity index (χ3n) is 5.79. The maximum absolute atomic E-state index is 12.6. The Hall–Kier alpha value is -2.45. The van der Waals surface area contributed by atoms with Crippen molar-refractivity contribution in [1.29, 1.82) is 0 Å². The predicted octanol–water partition coefficient (Wildman–Crippen LogP) is 3.53. The Morgan fingerprint density at radius 1 is 1.27 bits per heavy atom. The Morgan fingerprint density at radius 2 is 2.10 bits per heavy atom. The van der Waals surface area contributed by atoms with Gasteiger partial charge in [-0.3, -0.25) is 0 Å². The molecule has 3 heterocycles. The highest BCUT2D eigenvalue weighted by molar-refractivity contribution is 5.90. The summed E-state index contributed by atoms with van der Waals surface area (Å²) in [6.45, 7) is 5.35. The second-order valence-electron chi connectivity index (χ2n) is 8.01. The number of benzene rings is 1. The summed E-state index contributed by atoms with van der Waals surface area (Å²) in [5, 5.41) is 7.10. The van der Waals surface area contributed by atoms with Gasteiger partial charge in [0.05, 0.1) is 12.7 Å². The van der Waals surface area contributed by atoms with Gasteiger partial charge in [0.25, 0.3) is 0 Å². The van der Waals surface area contributed by atoms with Gasteiger partial charge in [0.1, 0.15) is 0 Å². The van der Waals surface area contributed by atoms with Gasteiger partial charge in [-0.25, -0.2) is 4.79 Å². The van der Waals surface area contributed by atoms with Crippen LogP contribution in [0.5, 0.6) is 0 Å². The number of hydrogen-bond acceptors (Lipinski definition) is 6. The molecule has 30 heavy (non-hydrogen) atoms. The van der Waals surface area contributed by atoms with E-state index in [1.807, 2.05) is 36.1 Å². The van der Waals surface area contributed by atoms with Crippen LogP contribution < -0.4 is 5.32 Å². The second-order valence-corrected chi connectivity index (χ2v) is 8.01. The summed E-state index contributed by atoms with van der Waals surface area (Å²) in [5.74, 6) is 1.70. The lowest BCUT2D eigenvalue weighted by Gasteiger charge is -2.32. The van der Waals surface area contributed by atoms with Crippen molar-refractivity contribution in [2.24, 2.45) is 0 Å². The first-order valence-electron chi connectivity index (χ1n) is 10.8. The van der Waals surface area contributed by atoms with E-state index in [2.05, 4.69) is 15.5 Å². The number of aryl methyl sites for hydroxylation is 1. The average Bonchev–Trinajstić information content (AvgIpc) is 3.25. The van der Waals surface area contributed by atoms with E-state index in [1.165, 1.54) is 0 Å². The minimum atomic E-state index is -0.0723. The van der Waals surface area contributed by atoms with Crippen molar-refractivity contribution >= 4 is 11.7 Å². The zero-order valence-electron chi connectivity index (χ0n) is 17.5. The first-order valence-corrected chi connectivity index (χ1v) is 10.8. The van der Waals surface area contributed by atoms with Gasteiger partial charge in [0, 0.05) is 44.3 Å². The zero-order valence-corrected chi connectivity index (χ0v) is 17.5. The number of carbonyl (C=O) groups is 1. The average molecular weight is 415 g/mol. The molecule has 1 N–H and O–H groups in total. The molecule has 2 aliphatic rings. The van der Waals surface area contributed by atoms with E-state index >= 15 is 0 Å². The molecule has 2 aliphatic heterocycles. The topological polar surface area (TPSA) is 89.7 Å². The molecule has 2 fully saturated rings. The van der Waals surface area contributed by atoms with Gasteiger partial charge >= 0.3 is 6.03 Å². The number of hydrogen-bond donors (Lipinski definition) is 1. The lowest BCUT2D eigenvalue weighted by atomic mass is 10.0. The molecule has 2 amide bonds. The molecule has 1 unspecified atom stereocenters. The highest BCUT2D eigenvalue weighted by Crippen LogP contribution is 2.25. The molecule has 0 spiro atoms. The van der Waals surface area contributed by atoms with E-state index < -0.39 is 0 Å². The number of nitrogens with one attached hydrogen (secondary N) is 1. The van der Waals surface area contributed by atoms with Gasteiger partial charge < -0.3 is 24.2 Å².